The first-order valence-electron chi connectivity index (χ1n) is 6.23. The van der Waals surface area contributed by atoms with Crippen LogP contribution in [0.25, 0.3) is 11.5 Å². The predicted octanol–water partition coefficient (Wildman–Crippen LogP) is 2.31. The fourth-order valence-corrected chi connectivity index (χ4v) is 2.20. The third-order valence-corrected chi connectivity index (χ3v) is 3.30. The fraction of sp³-hybridized carbons (Fsp3) is 0.417. The lowest BCUT2D eigenvalue weighted by atomic mass is 10.1. The molecular formula is C12H14BrN5O2. The highest BCUT2D eigenvalue weighted by atomic mass is 79.9. The van der Waals surface area contributed by atoms with Crippen molar-refractivity contribution in [1.29, 1.82) is 0 Å². The van der Waals surface area contributed by atoms with Crippen molar-refractivity contribution in [2.45, 2.75) is 32.2 Å². The molecule has 0 saturated heterocycles. The van der Waals surface area contributed by atoms with Gasteiger partial charge in [-0.15, -0.1) is 5.10 Å². The second kappa shape index (κ2) is 6.56. The smallest absolute Gasteiger partial charge is 0.305 e. The molecule has 2 rings (SSSR count). The number of halogens is 1. The van der Waals surface area contributed by atoms with Gasteiger partial charge >= 0.3 is 5.97 Å². The molecule has 2 aromatic rings. The molecule has 0 radical (unpaired) electrons. The second-order valence-corrected chi connectivity index (χ2v) is 5.26. The van der Waals surface area contributed by atoms with E-state index in [0.717, 1.165) is 10.9 Å². The summed E-state index contributed by atoms with van der Waals surface area (Å²) in [5.74, 6) is -0.383. The number of carboxylic acids is 1. The Morgan fingerprint density at radius 1 is 1.50 bits per heavy atom. The van der Waals surface area contributed by atoms with E-state index < -0.39 is 5.97 Å². The summed E-state index contributed by atoms with van der Waals surface area (Å²) in [7, 11) is 0. The van der Waals surface area contributed by atoms with Crippen molar-refractivity contribution in [2.75, 3.05) is 0 Å². The molecule has 0 spiro atoms. The van der Waals surface area contributed by atoms with E-state index in [1.54, 1.807) is 16.9 Å². The standard InChI is InChI=1S/C12H14BrN5O2/c1-2-3-9(6-11(19)20)18-12(15-16-17-18)10-5-4-8(13)7-14-10/h4-5,7,9H,2-3,6H2,1H3,(H,19,20). The largest absolute Gasteiger partial charge is 0.481 e. The molecule has 1 unspecified atom stereocenters. The first-order chi connectivity index (χ1) is 9.61. The van der Waals surface area contributed by atoms with Crippen molar-refractivity contribution in [1.82, 2.24) is 25.2 Å². The molecule has 7 nitrogen and oxygen atoms in total. The van der Waals surface area contributed by atoms with E-state index in [2.05, 4.69) is 36.4 Å². The molecule has 0 aliphatic heterocycles. The highest BCUT2D eigenvalue weighted by Crippen LogP contribution is 2.23. The minimum absolute atomic E-state index is 0.0115. The Hall–Kier alpha value is -1.83. The van der Waals surface area contributed by atoms with Gasteiger partial charge in [0.2, 0.25) is 5.82 Å². The number of nitrogens with zero attached hydrogens (tertiary/aromatic N) is 5. The van der Waals surface area contributed by atoms with Gasteiger partial charge in [0.05, 0.1) is 12.5 Å². The normalized spacial score (nSPS) is 12.3. The van der Waals surface area contributed by atoms with Gasteiger partial charge in [0.15, 0.2) is 0 Å². The second-order valence-electron chi connectivity index (χ2n) is 4.35. The summed E-state index contributed by atoms with van der Waals surface area (Å²) in [6, 6.07) is 3.36. The van der Waals surface area contributed by atoms with E-state index in [1.807, 2.05) is 13.0 Å². The number of aliphatic carboxylic acids is 1. The van der Waals surface area contributed by atoms with Gasteiger partial charge in [0, 0.05) is 10.7 Å². The fourth-order valence-electron chi connectivity index (χ4n) is 1.96. The molecule has 0 fully saturated rings. The number of tetrazole rings is 1. The summed E-state index contributed by atoms with van der Waals surface area (Å²) in [5, 5.41) is 20.5. The summed E-state index contributed by atoms with van der Waals surface area (Å²) in [4.78, 5) is 15.2. The topological polar surface area (TPSA) is 93.8 Å². The molecule has 2 aromatic heterocycles. The third kappa shape index (κ3) is 3.38. The van der Waals surface area contributed by atoms with Crippen molar-refractivity contribution in [3.8, 4) is 11.5 Å². The lowest BCUT2D eigenvalue weighted by molar-refractivity contribution is -0.138. The van der Waals surface area contributed by atoms with Crippen LogP contribution in [0.2, 0.25) is 0 Å². The molecule has 1 N–H and O–H groups in total. The minimum Gasteiger partial charge on any atom is -0.481 e. The summed E-state index contributed by atoms with van der Waals surface area (Å²) in [6.07, 6.45) is 3.19. The molecule has 20 heavy (non-hydrogen) atoms. The number of carboxylic acid groups (broad SMARTS) is 1. The first-order valence-corrected chi connectivity index (χ1v) is 7.02. The average molecular weight is 340 g/mol. The van der Waals surface area contributed by atoms with E-state index in [9.17, 15) is 4.79 Å². The number of hydrogen-bond donors (Lipinski definition) is 1. The lowest BCUT2D eigenvalue weighted by Crippen LogP contribution is -2.16. The number of aromatic nitrogens is 5. The molecule has 106 valence electrons. The molecule has 0 aliphatic rings. The zero-order chi connectivity index (χ0) is 14.5. The summed E-state index contributed by atoms with van der Waals surface area (Å²) >= 11 is 3.32. The van der Waals surface area contributed by atoms with Gasteiger partial charge in [-0.3, -0.25) is 9.78 Å². The molecule has 0 amide bonds. The number of carbonyl (C=O) groups is 1. The molecule has 1 atom stereocenters. The van der Waals surface area contributed by atoms with Crippen LogP contribution >= 0.6 is 15.9 Å². The number of hydrogen-bond acceptors (Lipinski definition) is 5. The third-order valence-electron chi connectivity index (χ3n) is 2.83. The Kier molecular flexibility index (Phi) is 4.78. The molecule has 0 bridgehead atoms. The van der Waals surface area contributed by atoms with Crippen molar-refractivity contribution in [3.63, 3.8) is 0 Å². The highest BCUT2D eigenvalue weighted by Gasteiger charge is 2.21. The Morgan fingerprint density at radius 3 is 2.90 bits per heavy atom. The maximum Gasteiger partial charge on any atom is 0.305 e. The summed E-state index contributed by atoms with van der Waals surface area (Å²) < 4.78 is 2.41. The maximum absolute atomic E-state index is 11.0. The number of pyridine rings is 1. The lowest BCUT2D eigenvalue weighted by Gasteiger charge is -2.15. The monoisotopic (exact) mass is 339 g/mol. The van der Waals surface area contributed by atoms with Crippen LogP contribution in [-0.4, -0.2) is 36.3 Å². The van der Waals surface area contributed by atoms with Crippen LogP contribution in [0.1, 0.15) is 32.2 Å². The molecule has 0 aromatic carbocycles. The van der Waals surface area contributed by atoms with Crippen LogP contribution in [0.3, 0.4) is 0 Å². The SMILES string of the molecule is CCCC(CC(=O)O)n1nnnc1-c1ccc(Br)cn1. The predicted molar refractivity (Wildman–Crippen MR) is 74.9 cm³/mol. The Balaban J connectivity index is 2.34. The van der Waals surface area contributed by atoms with E-state index in [1.165, 1.54) is 0 Å². The molecule has 8 heteroatoms. The van der Waals surface area contributed by atoms with Gasteiger partial charge in [-0.2, -0.15) is 0 Å². The van der Waals surface area contributed by atoms with Crippen molar-refractivity contribution < 1.29 is 9.90 Å². The molecule has 0 saturated carbocycles. The Morgan fingerprint density at radius 2 is 2.30 bits per heavy atom. The van der Waals surface area contributed by atoms with Crippen LogP contribution in [0, 0.1) is 0 Å². The van der Waals surface area contributed by atoms with Crippen LogP contribution in [0.5, 0.6) is 0 Å². The summed E-state index contributed by atoms with van der Waals surface area (Å²) in [5.41, 5.74) is 0.615. The van der Waals surface area contributed by atoms with Gasteiger partial charge in [-0.1, -0.05) is 13.3 Å². The first kappa shape index (κ1) is 14.6. The molecular weight excluding hydrogens is 326 g/mol. The van der Waals surface area contributed by atoms with Gasteiger partial charge in [-0.05, 0) is 44.9 Å². The maximum atomic E-state index is 11.0. The molecule has 0 aliphatic carbocycles. The zero-order valence-corrected chi connectivity index (χ0v) is 12.5. The summed E-state index contributed by atoms with van der Waals surface area (Å²) in [6.45, 7) is 2.00. The zero-order valence-electron chi connectivity index (χ0n) is 10.9. The van der Waals surface area contributed by atoms with E-state index in [-0.39, 0.29) is 12.5 Å². The van der Waals surface area contributed by atoms with Gasteiger partial charge < -0.3 is 5.11 Å². The Bertz CT molecular complexity index is 584. The van der Waals surface area contributed by atoms with Crippen molar-refractivity contribution >= 4 is 21.9 Å². The van der Waals surface area contributed by atoms with Gasteiger partial charge in [0.1, 0.15) is 5.69 Å². The van der Waals surface area contributed by atoms with Gasteiger partial charge in [0.25, 0.3) is 0 Å². The van der Waals surface area contributed by atoms with Crippen molar-refractivity contribution in [3.05, 3.63) is 22.8 Å². The van der Waals surface area contributed by atoms with Crippen LogP contribution in [0.15, 0.2) is 22.8 Å². The number of rotatable bonds is 6. The quantitative estimate of drug-likeness (QED) is 0.867. The van der Waals surface area contributed by atoms with E-state index in [4.69, 9.17) is 5.11 Å². The van der Waals surface area contributed by atoms with Gasteiger partial charge in [-0.25, -0.2) is 4.68 Å². The van der Waals surface area contributed by atoms with Crippen LogP contribution < -0.4 is 0 Å². The minimum atomic E-state index is -0.867. The van der Waals surface area contributed by atoms with Crippen LogP contribution in [-0.2, 0) is 4.79 Å². The van der Waals surface area contributed by atoms with E-state index in [0.29, 0.717) is 17.9 Å². The Labute approximate surface area is 124 Å². The molecule has 2 heterocycles. The van der Waals surface area contributed by atoms with Crippen LogP contribution in [0.4, 0.5) is 0 Å². The average Bonchev–Trinajstić information content (AvgIpc) is 2.88. The highest BCUT2D eigenvalue weighted by molar-refractivity contribution is 9.10. The van der Waals surface area contributed by atoms with Crippen molar-refractivity contribution in [2.24, 2.45) is 0 Å². The van der Waals surface area contributed by atoms with E-state index >= 15 is 0 Å².